The van der Waals surface area contributed by atoms with Crippen molar-refractivity contribution in [2.24, 2.45) is 10.9 Å². The molecule has 172 valence electrons. The zero-order valence-electron chi connectivity index (χ0n) is 19.4. The summed E-state index contributed by atoms with van der Waals surface area (Å²) < 4.78 is 11.6. The number of nitrogens with zero attached hydrogens (tertiary/aromatic N) is 2. The van der Waals surface area contributed by atoms with Gasteiger partial charge in [-0.1, -0.05) is 36.4 Å². The summed E-state index contributed by atoms with van der Waals surface area (Å²) in [6, 6.07) is 15.2. The fourth-order valence-electron chi connectivity index (χ4n) is 3.88. The lowest BCUT2D eigenvalue weighted by molar-refractivity contribution is 0.0342. The topological polar surface area (TPSA) is 58.1 Å². The third-order valence-corrected chi connectivity index (χ3v) is 6.03. The van der Waals surface area contributed by atoms with Crippen molar-refractivity contribution in [1.82, 2.24) is 15.5 Å². The van der Waals surface area contributed by atoms with Crippen LogP contribution in [0.2, 0.25) is 0 Å². The molecule has 1 saturated heterocycles. The molecule has 6 heteroatoms. The Morgan fingerprint density at radius 3 is 2.62 bits per heavy atom. The minimum Gasteiger partial charge on any atom is -0.493 e. The average molecular weight is 437 g/mol. The van der Waals surface area contributed by atoms with Crippen molar-refractivity contribution >= 4 is 5.96 Å². The molecule has 2 fully saturated rings. The third-order valence-electron chi connectivity index (χ3n) is 6.03. The Morgan fingerprint density at radius 2 is 1.84 bits per heavy atom. The minimum atomic E-state index is 0.678. The monoisotopic (exact) mass is 436 g/mol. The van der Waals surface area contributed by atoms with E-state index in [0.717, 1.165) is 69.2 Å². The Kier molecular flexibility index (Phi) is 8.02. The molecule has 0 aromatic heterocycles. The zero-order valence-corrected chi connectivity index (χ0v) is 19.4. The summed E-state index contributed by atoms with van der Waals surface area (Å²) in [5.74, 6) is 2.51. The number of aliphatic imine (C=N–C) groups is 1. The molecule has 32 heavy (non-hydrogen) atoms. The van der Waals surface area contributed by atoms with Crippen LogP contribution in [0.25, 0.3) is 0 Å². The minimum absolute atomic E-state index is 0.678. The average Bonchev–Trinajstić information content (AvgIpc) is 3.64. The van der Waals surface area contributed by atoms with E-state index in [2.05, 4.69) is 69.9 Å². The fourth-order valence-corrected chi connectivity index (χ4v) is 3.88. The lowest BCUT2D eigenvalue weighted by atomic mass is 10.1. The van der Waals surface area contributed by atoms with Crippen LogP contribution in [-0.4, -0.2) is 50.8 Å². The second-order valence-corrected chi connectivity index (χ2v) is 8.85. The van der Waals surface area contributed by atoms with Gasteiger partial charge in [0.2, 0.25) is 0 Å². The molecule has 1 saturated carbocycles. The third kappa shape index (κ3) is 6.97. The molecule has 2 aromatic carbocycles. The Labute approximate surface area is 192 Å². The number of nitrogens with one attached hydrogen (secondary N) is 2. The van der Waals surface area contributed by atoms with Crippen molar-refractivity contribution in [2.45, 2.75) is 39.4 Å². The lowest BCUT2D eigenvalue weighted by Gasteiger charge is -2.26. The molecular formula is C26H36N4O2. The summed E-state index contributed by atoms with van der Waals surface area (Å²) in [7, 11) is 1.81. The quantitative estimate of drug-likeness (QED) is 0.466. The molecule has 0 radical (unpaired) electrons. The first-order chi connectivity index (χ1) is 15.7. The number of ether oxygens (including phenoxy) is 2. The molecule has 0 amide bonds. The normalized spacial score (nSPS) is 17.2. The Morgan fingerprint density at radius 1 is 1.06 bits per heavy atom. The number of guanidine groups is 1. The van der Waals surface area contributed by atoms with Crippen LogP contribution in [0, 0.1) is 12.8 Å². The predicted octanol–water partition coefficient (Wildman–Crippen LogP) is 3.48. The van der Waals surface area contributed by atoms with Crippen LogP contribution < -0.4 is 15.4 Å². The first-order valence-electron chi connectivity index (χ1n) is 11.7. The smallest absolute Gasteiger partial charge is 0.191 e. The molecule has 0 bridgehead atoms. The van der Waals surface area contributed by atoms with Gasteiger partial charge in [0.1, 0.15) is 5.75 Å². The molecule has 0 atom stereocenters. The van der Waals surface area contributed by atoms with Gasteiger partial charge in [-0.25, -0.2) is 0 Å². The molecule has 2 aromatic rings. The largest absolute Gasteiger partial charge is 0.493 e. The number of rotatable bonds is 9. The van der Waals surface area contributed by atoms with Gasteiger partial charge in [-0.15, -0.1) is 0 Å². The molecule has 1 heterocycles. The van der Waals surface area contributed by atoms with Gasteiger partial charge < -0.3 is 20.1 Å². The zero-order chi connectivity index (χ0) is 22.2. The number of aryl methyl sites for hydroxylation is 1. The molecule has 6 nitrogen and oxygen atoms in total. The number of morpholine rings is 1. The first kappa shape index (κ1) is 22.6. The summed E-state index contributed by atoms with van der Waals surface area (Å²) in [4.78, 5) is 6.84. The summed E-state index contributed by atoms with van der Waals surface area (Å²) in [6.07, 6.45) is 2.59. The van der Waals surface area contributed by atoms with Crippen LogP contribution in [0.4, 0.5) is 0 Å². The van der Waals surface area contributed by atoms with E-state index in [-0.39, 0.29) is 0 Å². The standard InChI is InChI=1S/C26H36N4O2/c1-20-6-9-24(25(14-20)32-19-21-7-8-21)17-29-26(27-2)28-16-22-4-3-5-23(15-22)18-30-10-12-31-13-11-30/h3-6,9,14-15,21H,7-8,10-13,16-19H2,1-2H3,(H2,27,28,29). The van der Waals surface area contributed by atoms with E-state index < -0.39 is 0 Å². The maximum atomic E-state index is 6.10. The van der Waals surface area contributed by atoms with Gasteiger partial charge in [0.25, 0.3) is 0 Å². The molecule has 0 spiro atoms. The van der Waals surface area contributed by atoms with Crippen molar-refractivity contribution < 1.29 is 9.47 Å². The van der Waals surface area contributed by atoms with Gasteiger partial charge in [-0.05, 0) is 48.4 Å². The van der Waals surface area contributed by atoms with Gasteiger partial charge in [0.05, 0.1) is 19.8 Å². The molecule has 0 unspecified atom stereocenters. The molecule has 1 aliphatic carbocycles. The second kappa shape index (κ2) is 11.3. The van der Waals surface area contributed by atoms with Gasteiger partial charge in [0, 0.05) is 45.3 Å². The van der Waals surface area contributed by atoms with Crippen LogP contribution in [0.1, 0.15) is 35.1 Å². The van der Waals surface area contributed by atoms with Crippen molar-refractivity contribution in [3.05, 3.63) is 64.7 Å². The van der Waals surface area contributed by atoms with Crippen LogP contribution in [0.15, 0.2) is 47.5 Å². The molecule has 1 aliphatic heterocycles. The highest BCUT2D eigenvalue weighted by Gasteiger charge is 2.22. The highest BCUT2D eigenvalue weighted by molar-refractivity contribution is 5.79. The Hall–Kier alpha value is -2.57. The van der Waals surface area contributed by atoms with E-state index in [1.165, 1.54) is 29.5 Å². The summed E-state index contributed by atoms with van der Waals surface area (Å²) >= 11 is 0. The van der Waals surface area contributed by atoms with Crippen molar-refractivity contribution in [3.8, 4) is 5.75 Å². The molecular weight excluding hydrogens is 400 g/mol. The maximum absolute atomic E-state index is 6.10. The predicted molar refractivity (Wildman–Crippen MR) is 129 cm³/mol. The van der Waals surface area contributed by atoms with Gasteiger partial charge >= 0.3 is 0 Å². The molecule has 2 N–H and O–H groups in total. The highest BCUT2D eigenvalue weighted by atomic mass is 16.5. The van der Waals surface area contributed by atoms with Crippen LogP contribution in [0.3, 0.4) is 0 Å². The summed E-state index contributed by atoms with van der Waals surface area (Å²) in [6.45, 7) is 8.98. The van der Waals surface area contributed by atoms with Crippen LogP contribution >= 0.6 is 0 Å². The van der Waals surface area contributed by atoms with Crippen LogP contribution in [0.5, 0.6) is 5.75 Å². The van der Waals surface area contributed by atoms with Gasteiger partial charge in [0.15, 0.2) is 5.96 Å². The van der Waals surface area contributed by atoms with Crippen molar-refractivity contribution in [3.63, 3.8) is 0 Å². The maximum Gasteiger partial charge on any atom is 0.191 e. The highest BCUT2D eigenvalue weighted by Crippen LogP contribution is 2.30. The van der Waals surface area contributed by atoms with Gasteiger partial charge in [-0.2, -0.15) is 0 Å². The van der Waals surface area contributed by atoms with E-state index in [1.54, 1.807) is 0 Å². The first-order valence-corrected chi connectivity index (χ1v) is 11.7. The number of hydrogen-bond acceptors (Lipinski definition) is 4. The van der Waals surface area contributed by atoms with Gasteiger partial charge in [-0.3, -0.25) is 9.89 Å². The number of hydrogen-bond donors (Lipinski definition) is 2. The van der Waals surface area contributed by atoms with E-state index >= 15 is 0 Å². The Bertz CT molecular complexity index is 904. The Balaban J connectivity index is 1.28. The fraction of sp³-hybridized carbons (Fsp3) is 0.500. The second-order valence-electron chi connectivity index (χ2n) is 8.85. The van der Waals surface area contributed by atoms with Crippen molar-refractivity contribution in [2.75, 3.05) is 40.0 Å². The summed E-state index contributed by atoms with van der Waals surface area (Å²) in [5.41, 5.74) is 4.97. The summed E-state index contributed by atoms with van der Waals surface area (Å²) in [5, 5.41) is 6.88. The molecule has 4 rings (SSSR count). The van der Waals surface area contributed by atoms with E-state index in [4.69, 9.17) is 9.47 Å². The molecule has 2 aliphatic rings. The van der Waals surface area contributed by atoms with E-state index in [0.29, 0.717) is 6.54 Å². The van der Waals surface area contributed by atoms with Crippen LogP contribution in [-0.2, 0) is 24.4 Å². The SMILES string of the molecule is CN=C(NCc1cccc(CN2CCOCC2)c1)NCc1ccc(C)cc1OCC1CC1. The number of benzene rings is 2. The van der Waals surface area contributed by atoms with Crippen molar-refractivity contribution in [1.29, 1.82) is 0 Å². The van der Waals surface area contributed by atoms with E-state index in [9.17, 15) is 0 Å². The lowest BCUT2D eigenvalue weighted by Crippen LogP contribution is -2.36. The van der Waals surface area contributed by atoms with E-state index in [1.807, 2.05) is 7.05 Å².